The number of hydrogen-bond acceptors (Lipinski definition) is 4. The first kappa shape index (κ1) is 16.7. The molecule has 28 heavy (non-hydrogen) atoms. The SMILES string of the molecule is COc1ccc(-c2cn3c(nc4ccccc43)c(C=Cc3cccs3)n2)cc1. The molecule has 5 rings (SSSR count). The van der Waals surface area contributed by atoms with Crippen molar-refractivity contribution in [3.05, 3.63) is 82.8 Å². The van der Waals surface area contributed by atoms with Crippen LogP contribution in [0.2, 0.25) is 0 Å². The molecular weight excluding hydrogens is 366 g/mol. The van der Waals surface area contributed by atoms with E-state index in [9.17, 15) is 0 Å². The van der Waals surface area contributed by atoms with Gasteiger partial charge in [0.1, 0.15) is 11.4 Å². The largest absolute Gasteiger partial charge is 0.497 e. The van der Waals surface area contributed by atoms with E-state index < -0.39 is 0 Å². The van der Waals surface area contributed by atoms with E-state index in [0.29, 0.717) is 0 Å². The van der Waals surface area contributed by atoms with E-state index in [1.807, 2.05) is 54.6 Å². The zero-order valence-electron chi connectivity index (χ0n) is 15.2. The summed E-state index contributed by atoms with van der Waals surface area (Å²) >= 11 is 1.70. The average molecular weight is 383 g/mol. The Labute approximate surface area is 166 Å². The van der Waals surface area contributed by atoms with E-state index in [1.54, 1.807) is 18.4 Å². The van der Waals surface area contributed by atoms with Crippen LogP contribution in [0.25, 0.3) is 40.1 Å². The van der Waals surface area contributed by atoms with Crippen molar-refractivity contribution in [3.8, 4) is 17.0 Å². The molecule has 0 atom stereocenters. The second-order valence-electron chi connectivity index (χ2n) is 6.38. The Kier molecular flexibility index (Phi) is 4.14. The summed E-state index contributed by atoms with van der Waals surface area (Å²) in [6.45, 7) is 0. The fraction of sp³-hybridized carbons (Fsp3) is 0.0435. The number of aromatic nitrogens is 3. The van der Waals surface area contributed by atoms with E-state index in [1.165, 1.54) is 4.88 Å². The van der Waals surface area contributed by atoms with Gasteiger partial charge in [0.2, 0.25) is 0 Å². The van der Waals surface area contributed by atoms with Gasteiger partial charge in [-0.2, -0.15) is 0 Å². The second kappa shape index (κ2) is 6.94. The lowest BCUT2D eigenvalue weighted by molar-refractivity contribution is 0.415. The summed E-state index contributed by atoms with van der Waals surface area (Å²) in [6.07, 6.45) is 6.18. The van der Waals surface area contributed by atoms with Gasteiger partial charge in [0.15, 0.2) is 5.65 Å². The molecule has 0 saturated carbocycles. The number of imidazole rings is 1. The average Bonchev–Trinajstić information content (AvgIpc) is 3.40. The van der Waals surface area contributed by atoms with Crippen LogP contribution < -0.4 is 4.74 Å². The quantitative estimate of drug-likeness (QED) is 0.394. The molecule has 0 spiro atoms. The lowest BCUT2D eigenvalue weighted by atomic mass is 10.1. The maximum Gasteiger partial charge on any atom is 0.164 e. The zero-order chi connectivity index (χ0) is 18.9. The van der Waals surface area contributed by atoms with Crippen molar-refractivity contribution in [3.63, 3.8) is 0 Å². The lowest BCUT2D eigenvalue weighted by Gasteiger charge is -2.07. The van der Waals surface area contributed by atoms with Gasteiger partial charge in [0, 0.05) is 16.6 Å². The first-order chi connectivity index (χ1) is 13.8. The molecule has 0 aliphatic carbocycles. The highest BCUT2D eigenvalue weighted by Gasteiger charge is 2.11. The molecule has 0 fully saturated rings. The van der Waals surface area contributed by atoms with E-state index in [4.69, 9.17) is 14.7 Å². The minimum atomic E-state index is 0.829. The summed E-state index contributed by atoms with van der Waals surface area (Å²) in [4.78, 5) is 10.9. The van der Waals surface area contributed by atoms with Gasteiger partial charge in [0.05, 0.1) is 23.8 Å². The van der Waals surface area contributed by atoms with Crippen LogP contribution in [0.1, 0.15) is 10.6 Å². The highest BCUT2D eigenvalue weighted by atomic mass is 32.1. The molecule has 0 unspecified atom stereocenters. The first-order valence-electron chi connectivity index (χ1n) is 8.96. The van der Waals surface area contributed by atoms with Gasteiger partial charge in [-0.3, -0.25) is 4.40 Å². The first-order valence-corrected chi connectivity index (χ1v) is 9.84. The molecule has 3 heterocycles. The molecule has 5 aromatic rings. The fourth-order valence-corrected chi connectivity index (χ4v) is 3.86. The molecule has 0 N–H and O–H groups in total. The van der Waals surface area contributed by atoms with Gasteiger partial charge in [-0.1, -0.05) is 18.2 Å². The van der Waals surface area contributed by atoms with Gasteiger partial charge in [-0.05, 0) is 60.0 Å². The van der Waals surface area contributed by atoms with E-state index >= 15 is 0 Å². The molecule has 2 aromatic carbocycles. The number of thiophene rings is 1. The highest BCUT2D eigenvalue weighted by molar-refractivity contribution is 7.10. The number of methoxy groups -OCH3 is 1. The molecule has 5 heteroatoms. The summed E-state index contributed by atoms with van der Waals surface area (Å²) < 4.78 is 7.40. The maximum absolute atomic E-state index is 5.28. The maximum atomic E-state index is 5.28. The van der Waals surface area contributed by atoms with Crippen LogP contribution in [-0.2, 0) is 0 Å². The van der Waals surface area contributed by atoms with Crippen molar-refractivity contribution in [2.45, 2.75) is 0 Å². The van der Waals surface area contributed by atoms with Crippen LogP contribution >= 0.6 is 11.3 Å². The third kappa shape index (κ3) is 2.96. The van der Waals surface area contributed by atoms with Crippen LogP contribution in [0, 0.1) is 0 Å². The zero-order valence-corrected chi connectivity index (χ0v) is 16.1. The summed E-state index contributed by atoms with van der Waals surface area (Å²) in [7, 11) is 1.67. The summed E-state index contributed by atoms with van der Waals surface area (Å²) in [5.41, 5.74) is 5.65. The van der Waals surface area contributed by atoms with Crippen LogP contribution in [0.15, 0.2) is 72.2 Å². The van der Waals surface area contributed by atoms with Gasteiger partial charge < -0.3 is 4.74 Å². The molecule has 0 bridgehead atoms. The number of benzene rings is 2. The van der Waals surface area contributed by atoms with Crippen molar-refractivity contribution >= 4 is 40.2 Å². The van der Waals surface area contributed by atoms with Gasteiger partial charge in [-0.25, -0.2) is 9.97 Å². The molecule has 0 radical (unpaired) electrons. The van der Waals surface area contributed by atoms with Crippen LogP contribution in [0.5, 0.6) is 5.75 Å². The number of para-hydroxylation sites is 2. The molecule has 0 amide bonds. The Hall–Kier alpha value is -3.44. The van der Waals surface area contributed by atoms with E-state index in [2.05, 4.69) is 34.2 Å². The Bertz CT molecular complexity index is 1290. The third-order valence-electron chi connectivity index (χ3n) is 4.65. The molecular formula is C23H17N3OS. The fourth-order valence-electron chi connectivity index (χ4n) is 3.25. The second-order valence-corrected chi connectivity index (χ2v) is 7.36. The van der Waals surface area contributed by atoms with Gasteiger partial charge in [-0.15, -0.1) is 11.3 Å². The molecule has 4 nitrogen and oxygen atoms in total. The van der Waals surface area contributed by atoms with Crippen LogP contribution in [0.4, 0.5) is 0 Å². The van der Waals surface area contributed by atoms with Crippen molar-refractivity contribution in [1.82, 2.24) is 14.4 Å². The number of nitrogens with zero attached hydrogens (tertiary/aromatic N) is 3. The predicted molar refractivity (Wildman–Crippen MR) is 116 cm³/mol. The monoisotopic (exact) mass is 383 g/mol. The number of fused-ring (bicyclic) bond motifs is 3. The van der Waals surface area contributed by atoms with E-state index in [0.717, 1.165) is 39.4 Å². The molecule has 0 saturated heterocycles. The van der Waals surface area contributed by atoms with Gasteiger partial charge >= 0.3 is 0 Å². The predicted octanol–water partition coefficient (Wildman–Crippen LogP) is 5.79. The van der Waals surface area contributed by atoms with Crippen molar-refractivity contribution in [2.75, 3.05) is 7.11 Å². The number of hydrogen-bond donors (Lipinski definition) is 0. The topological polar surface area (TPSA) is 39.4 Å². The van der Waals surface area contributed by atoms with Crippen molar-refractivity contribution < 1.29 is 4.74 Å². The molecule has 0 aliphatic rings. The Morgan fingerprint density at radius 3 is 2.57 bits per heavy atom. The molecule has 0 aliphatic heterocycles. The Morgan fingerprint density at radius 2 is 1.79 bits per heavy atom. The van der Waals surface area contributed by atoms with Crippen molar-refractivity contribution in [1.29, 1.82) is 0 Å². The minimum Gasteiger partial charge on any atom is -0.497 e. The van der Waals surface area contributed by atoms with Crippen LogP contribution in [0.3, 0.4) is 0 Å². The van der Waals surface area contributed by atoms with Gasteiger partial charge in [0.25, 0.3) is 0 Å². The Morgan fingerprint density at radius 1 is 0.929 bits per heavy atom. The summed E-state index contributed by atoms with van der Waals surface area (Å²) in [6, 6.07) is 20.3. The minimum absolute atomic E-state index is 0.829. The summed E-state index contributed by atoms with van der Waals surface area (Å²) in [5, 5.41) is 2.07. The lowest BCUT2D eigenvalue weighted by Crippen LogP contribution is -1.96. The van der Waals surface area contributed by atoms with E-state index in [-0.39, 0.29) is 0 Å². The normalized spacial score (nSPS) is 11.6. The smallest absolute Gasteiger partial charge is 0.164 e. The number of rotatable bonds is 4. The summed E-state index contributed by atoms with van der Waals surface area (Å²) in [5.74, 6) is 0.829. The Balaban J connectivity index is 1.73. The highest BCUT2D eigenvalue weighted by Crippen LogP contribution is 2.26. The third-order valence-corrected chi connectivity index (χ3v) is 5.49. The molecule has 136 valence electrons. The number of ether oxygens (including phenoxy) is 1. The standard InChI is InChI=1S/C23H17N3OS/c1-27-17-10-8-16(9-11-17)21-15-26-22-7-3-2-6-19(22)25-23(26)20(24-21)13-12-18-5-4-14-28-18/h2-15H,1H3. The molecule has 3 aromatic heterocycles. The van der Waals surface area contributed by atoms with Crippen molar-refractivity contribution in [2.24, 2.45) is 0 Å². The van der Waals surface area contributed by atoms with Crippen LogP contribution in [-0.4, -0.2) is 21.5 Å².